The zero-order valence-electron chi connectivity index (χ0n) is 18.4. The normalized spacial score (nSPS) is 12.6. The Bertz CT molecular complexity index is 1060. The van der Waals surface area contributed by atoms with Crippen molar-refractivity contribution < 1.29 is 22.4 Å². The fourth-order valence-electron chi connectivity index (χ4n) is 2.95. The van der Waals surface area contributed by atoms with Crippen molar-refractivity contribution in [1.82, 2.24) is 14.5 Å². The zero-order valence-corrected chi connectivity index (χ0v) is 20.0. The van der Waals surface area contributed by atoms with Gasteiger partial charge < -0.3 is 10.2 Å². The van der Waals surface area contributed by atoms with Gasteiger partial charge in [-0.25, -0.2) is 12.8 Å². The van der Waals surface area contributed by atoms with E-state index in [1.165, 1.54) is 61.3 Å². The highest BCUT2D eigenvalue weighted by atomic mass is 35.5. The largest absolute Gasteiger partial charge is 0.352 e. The highest BCUT2D eigenvalue weighted by Crippen LogP contribution is 2.19. The molecule has 0 aromatic heterocycles. The van der Waals surface area contributed by atoms with E-state index in [0.717, 1.165) is 4.31 Å². The number of sulfonamides is 1. The third kappa shape index (κ3) is 6.51. The number of likely N-dealkylation sites (N-methyl/N-ethyl adjacent to an activating group) is 1. The fourth-order valence-corrected chi connectivity index (χ4v) is 4.20. The van der Waals surface area contributed by atoms with Crippen LogP contribution in [0.15, 0.2) is 53.4 Å². The third-order valence-electron chi connectivity index (χ3n) is 4.78. The van der Waals surface area contributed by atoms with E-state index in [9.17, 15) is 22.4 Å². The molecule has 174 valence electrons. The molecule has 1 atom stereocenters. The first kappa shape index (κ1) is 25.8. The minimum atomic E-state index is -3.98. The molecule has 0 bridgehead atoms. The lowest BCUT2D eigenvalue weighted by molar-refractivity contribution is -0.140. The van der Waals surface area contributed by atoms with Gasteiger partial charge in [-0.15, -0.1) is 0 Å². The lowest BCUT2D eigenvalue weighted by Gasteiger charge is -2.31. The standard InChI is InChI=1S/C22H27ClFN3O4S/c1-15(2)25-22(29)16(3)27(13-17-7-5-6-8-20(17)24)21(28)14-26(4)32(30,31)19-11-9-18(23)10-12-19/h5-12,15-16H,13-14H2,1-4H3,(H,25,29). The predicted molar refractivity (Wildman–Crippen MR) is 121 cm³/mol. The maximum absolute atomic E-state index is 14.2. The van der Waals surface area contributed by atoms with Gasteiger partial charge in [0.2, 0.25) is 21.8 Å². The summed E-state index contributed by atoms with van der Waals surface area (Å²) in [5.41, 5.74) is 0.216. The molecular weight excluding hydrogens is 457 g/mol. The van der Waals surface area contributed by atoms with Gasteiger partial charge in [0.15, 0.2) is 0 Å². The van der Waals surface area contributed by atoms with Gasteiger partial charge in [0.05, 0.1) is 11.4 Å². The molecule has 0 spiro atoms. The van der Waals surface area contributed by atoms with Crippen molar-refractivity contribution in [2.24, 2.45) is 0 Å². The van der Waals surface area contributed by atoms with Crippen LogP contribution in [0.4, 0.5) is 4.39 Å². The quantitative estimate of drug-likeness (QED) is 0.594. The van der Waals surface area contributed by atoms with Crippen LogP contribution in [0.2, 0.25) is 5.02 Å². The minimum absolute atomic E-state index is 0.0246. The SMILES string of the molecule is CC(C)NC(=O)C(C)N(Cc1ccccc1F)C(=O)CN(C)S(=O)(=O)c1ccc(Cl)cc1. The monoisotopic (exact) mass is 483 g/mol. The molecular formula is C22H27ClFN3O4S. The van der Waals surface area contributed by atoms with E-state index in [-0.39, 0.29) is 23.0 Å². The maximum atomic E-state index is 14.2. The van der Waals surface area contributed by atoms with Gasteiger partial charge in [-0.05, 0) is 51.1 Å². The van der Waals surface area contributed by atoms with Crippen LogP contribution in [-0.4, -0.2) is 55.1 Å². The second-order valence-corrected chi connectivity index (χ2v) is 10.1. The summed E-state index contributed by atoms with van der Waals surface area (Å²) < 4.78 is 40.8. The summed E-state index contributed by atoms with van der Waals surface area (Å²) in [7, 11) is -2.71. The molecule has 0 aliphatic carbocycles. The molecule has 2 amide bonds. The third-order valence-corrected chi connectivity index (χ3v) is 6.85. The molecule has 0 heterocycles. The molecule has 10 heteroatoms. The van der Waals surface area contributed by atoms with Gasteiger partial charge in [0, 0.05) is 30.2 Å². The van der Waals surface area contributed by atoms with Gasteiger partial charge >= 0.3 is 0 Å². The summed E-state index contributed by atoms with van der Waals surface area (Å²) >= 11 is 5.82. The second kappa shape index (κ2) is 10.9. The van der Waals surface area contributed by atoms with E-state index < -0.39 is 40.2 Å². The Hall–Kier alpha value is -2.49. The van der Waals surface area contributed by atoms with Crippen LogP contribution in [0.5, 0.6) is 0 Å². The lowest BCUT2D eigenvalue weighted by atomic mass is 10.1. The molecule has 0 fully saturated rings. The van der Waals surface area contributed by atoms with Crippen molar-refractivity contribution in [3.05, 3.63) is 64.9 Å². The number of nitrogens with zero attached hydrogens (tertiary/aromatic N) is 2. The first-order valence-corrected chi connectivity index (χ1v) is 11.8. The fraction of sp³-hybridized carbons (Fsp3) is 0.364. The van der Waals surface area contributed by atoms with Gasteiger partial charge in [-0.3, -0.25) is 9.59 Å². The van der Waals surface area contributed by atoms with Crippen LogP contribution in [0.3, 0.4) is 0 Å². The molecule has 2 aromatic carbocycles. The highest BCUT2D eigenvalue weighted by molar-refractivity contribution is 7.89. The number of rotatable bonds is 9. The Kier molecular flexibility index (Phi) is 8.77. The van der Waals surface area contributed by atoms with E-state index in [2.05, 4.69) is 5.32 Å². The molecule has 0 saturated heterocycles. The van der Waals surface area contributed by atoms with Crippen molar-refractivity contribution in [2.45, 2.75) is 44.3 Å². The lowest BCUT2D eigenvalue weighted by Crippen LogP contribution is -2.51. The Morgan fingerprint density at radius 3 is 2.22 bits per heavy atom. The van der Waals surface area contributed by atoms with E-state index in [0.29, 0.717) is 5.02 Å². The number of nitrogens with one attached hydrogen (secondary N) is 1. The Morgan fingerprint density at radius 2 is 1.66 bits per heavy atom. The van der Waals surface area contributed by atoms with Crippen molar-refractivity contribution in [2.75, 3.05) is 13.6 Å². The number of carbonyl (C=O) groups is 2. The first-order chi connectivity index (χ1) is 14.9. The zero-order chi connectivity index (χ0) is 24.1. The number of hydrogen-bond donors (Lipinski definition) is 1. The molecule has 0 aliphatic heterocycles. The number of amides is 2. The van der Waals surface area contributed by atoms with Crippen LogP contribution in [0.25, 0.3) is 0 Å². The first-order valence-electron chi connectivity index (χ1n) is 9.98. The van der Waals surface area contributed by atoms with Gasteiger partial charge in [-0.1, -0.05) is 29.8 Å². The summed E-state index contributed by atoms with van der Waals surface area (Å²) in [4.78, 5) is 26.8. The summed E-state index contributed by atoms with van der Waals surface area (Å²) in [5.74, 6) is -1.59. The minimum Gasteiger partial charge on any atom is -0.352 e. The van der Waals surface area contributed by atoms with Gasteiger partial charge in [0.25, 0.3) is 0 Å². The van der Waals surface area contributed by atoms with E-state index in [1.807, 2.05) is 0 Å². The van der Waals surface area contributed by atoms with E-state index in [4.69, 9.17) is 11.6 Å². The molecule has 0 saturated carbocycles. The molecule has 0 radical (unpaired) electrons. The summed E-state index contributed by atoms with van der Waals surface area (Å²) in [6.45, 7) is 4.36. The molecule has 32 heavy (non-hydrogen) atoms. The molecule has 1 N–H and O–H groups in total. The molecule has 1 unspecified atom stereocenters. The van der Waals surface area contributed by atoms with Crippen molar-refractivity contribution >= 4 is 33.4 Å². The number of halogens is 2. The Morgan fingerprint density at radius 1 is 1.06 bits per heavy atom. The van der Waals surface area contributed by atoms with Crippen LogP contribution in [-0.2, 0) is 26.2 Å². The van der Waals surface area contributed by atoms with Crippen molar-refractivity contribution in [3.63, 3.8) is 0 Å². The predicted octanol–water partition coefficient (Wildman–Crippen LogP) is 3.04. The van der Waals surface area contributed by atoms with E-state index >= 15 is 0 Å². The summed E-state index contributed by atoms with van der Waals surface area (Å²) in [5, 5.41) is 3.10. The summed E-state index contributed by atoms with van der Waals surface area (Å²) in [6.07, 6.45) is 0. The molecule has 7 nitrogen and oxygen atoms in total. The number of carbonyl (C=O) groups excluding carboxylic acids is 2. The molecule has 0 aliphatic rings. The van der Waals surface area contributed by atoms with E-state index in [1.54, 1.807) is 19.9 Å². The van der Waals surface area contributed by atoms with Crippen LogP contribution < -0.4 is 5.32 Å². The average molecular weight is 484 g/mol. The average Bonchev–Trinajstić information content (AvgIpc) is 2.72. The van der Waals surface area contributed by atoms with Crippen molar-refractivity contribution in [3.8, 4) is 0 Å². The van der Waals surface area contributed by atoms with Crippen LogP contribution in [0, 0.1) is 5.82 Å². The van der Waals surface area contributed by atoms with Crippen LogP contribution in [0.1, 0.15) is 26.3 Å². The number of benzene rings is 2. The summed E-state index contributed by atoms with van der Waals surface area (Å²) in [6, 6.07) is 10.4. The topological polar surface area (TPSA) is 86.8 Å². The van der Waals surface area contributed by atoms with Gasteiger partial charge in [-0.2, -0.15) is 4.31 Å². The molecule has 2 rings (SSSR count). The number of hydrogen-bond acceptors (Lipinski definition) is 4. The highest BCUT2D eigenvalue weighted by Gasteiger charge is 2.30. The van der Waals surface area contributed by atoms with Crippen LogP contribution >= 0.6 is 11.6 Å². The Labute approximate surface area is 193 Å². The van der Waals surface area contributed by atoms with Crippen molar-refractivity contribution in [1.29, 1.82) is 0 Å². The maximum Gasteiger partial charge on any atom is 0.243 e. The van der Waals surface area contributed by atoms with Gasteiger partial charge in [0.1, 0.15) is 11.9 Å². The molecule has 2 aromatic rings. The second-order valence-electron chi connectivity index (χ2n) is 7.67. The smallest absolute Gasteiger partial charge is 0.243 e. The Balaban J connectivity index is 2.29.